The SMILES string of the molecule is C=C(/C=C\C(F)=C/C)[C@H]1C[C@@H](S(C)(=O)=O)CCN1C(C)(C)C. The number of allylic oxidation sites excluding steroid dienone is 3. The van der Waals surface area contributed by atoms with Crippen LogP contribution in [0.25, 0.3) is 0 Å². The normalized spacial score (nSPS) is 25.6. The van der Waals surface area contributed by atoms with Crippen LogP contribution in [0.1, 0.15) is 40.5 Å². The maximum absolute atomic E-state index is 13.3. The van der Waals surface area contributed by atoms with E-state index in [-0.39, 0.29) is 22.7 Å². The van der Waals surface area contributed by atoms with Crippen molar-refractivity contribution in [3.8, 4) is 0 Å². The van der Waals surface area contributed by atoms with Gasteiger partial charge in [-0.2, -0.15) is 0 Å². The first-order chi connectivity index (χ1) is 9.96. The van der Waals surface area contributed by atoms with Gasteiger partial charge in [-0.15, -0.1) is 0 Å². The van der Waals surface area contributed by atoms with Crippen molar-refractivity contribution in [2.75, 3.05) is 12.8 Å². The van der Waals surface area contributed by atoms with Gasteiger partial charge >= 0.3 is 0 Å². The molecular formula is C17H28FNO2S. The van der Waals surface area contributed by atoms with Crippen molar-refractivity contribution in [3.05, 3.63) is 36.2 Å². The number of halogens is 1. The number of sulfone groups is 1. The van der Waals surface area contributed by atoms with Crippen LogP contribution in [0.5, 0.6) is 0 Å². The van der Waals surface area contributed by atoms with Gasteiger partial charge in [0.25, 0.3) is 0 Å². The largest absolute Gasteiger partial charge is 0.291 e. The maximum Gasteiger partial charge on any atom is 0.150 e. The maximum atomic E-state index is 13.3. The van der Waals surface area contributed by atoms with Crippen LogP contribution in [-0.4, -0.2) is 42.9 Å². The van der Waals surface area contributed by atoms with Crippen LogP contribution in [0.15, 0.2) is 36.2 Å². The van der Waals surface area contributed by atoms with Gasteiger partial charge in [-0.1, -0.05) is 18.7 Å². The van der Waals surface area contributed by atoms with Crippen molar-refractivity contribution >= 4 is 9.84 Å². The Balaban J connectivity index is 3.05. The number of piperidine rings is 1. The minimum Gasteiger partial charge on any atom is -0.291 e. The van der Waals surface area contributed by atoms with E-state index in [1.165, 1.54) is 18.4 Å². The third kappa shape index (κ3) is 5.06. The molecule has 2 atom stereocenters. The molecule has 1 fully saturated rings. The highest BCUT2D eigenvalue weighted by Crippen LogP contribution is 2.32. The number of nitrogens with zero attached hydrogens (tertiary/aromatic N) is 1. The van der Waals surface area contributed by atoms with Crippen molar-refractivity contribution in [1.29, 1.82) is 0 Å². The smallest absolute Gasteiger partial charge is 0.150 e. The van der Waals surface area contributed by atoms with Crippen LogP contribution < -0.4 is 0 Å². The Bertz CT molecular complexity index is 570. The highest BCUT2D eigenvalue weighted by atomic mass is 32.2. The first-order valence-electron chi connectivity index (χ1n) is 7.61. The molecule has 1 aliphatic heterocycles. The van der Waals surface area contributed by atoms with Gasteiger partial charge in [-0.05, 0) is 52.2 Å². The summed E-state index contributed by atoms with van der Waals surface area (Å²) in [5.41, 5.74) is 0.656. The lowest BCUT2D eigenvalue weighted by Crippen LogP contribution is -2.54. The molecule has 0 bridgehead atoms. The number of hydrogen-bond donors (Lipinski definition) is 0. The molecule has 1 saturated heterocycles. The Morgan fingerprint density at radius 3 is 2.36 bits per heavy atom. The van der Waals surface area contributed by atoms with Crippen LogP contribution in [0.2, 0.25) is 0 Å². The molecular weight excluding hydrogens is 301 g/mol. The minimum absolute atomic E-state index is 0.0885. The quantitative estimate of drug-likeness (QED) is 0.739. The van der Waals surface area contributed by atoms with E-state index in [1.54, 1.807) is 13.0 Å². The number of likely N-dealkylation sites (tertiary alicyclic amines) is 1. The fourth-order valence-electron chi connectivity index (χ4n) is 2.87. The van der Waals surface area contributed by atoms with Crippen LogP contribution in [0, 0.1) is 0 Å². The molecule has 0 aliphatic carbocycles. The summed E-state index contributed by atoms with van der Waals surface area (Å²) in [4.78, 5) is 2.26. The molecule has 1 heterocycles. The predicted molar refractivity (Wildman–Crippen MR) is 91.3 cm³/mol. The van der Waals surface area contributed by atoms with Crippen molar-refractivity contribution in [3.63, 3.8) is 0 Å². The molecule has 0 aromatic rings. The van der Waals surface area contributed by atoms with Crippen LogP contribution >= 0.6 is 0 Å². The van der Waals surface area contributed by atoms with Gasteiger partial charge in [-0.25, -0.2) is 12.8 Å². The van der Waals surface area contributed by atoms with Crippen LogP contribution in [0.3, 0.4) is 0 Å². The van der Waals surface area contributed by atoms with E-state index in [4.69, 9.17) is 0 Å². The minimum atomic E-state index is -3.07. The van der Waals surface area contributed by atoms with Crippen molar-refractivity contribution in [2.24, 2.45) is 0 Å². The van der Waals surface area contributed by atoms with Crippen molar-refractivity contribution < 1.29 is 12.8 Å². The third-order valence-corrected chi connectivity index (χ3v) is 5.82. The molecule has 0 N–H and O–H groups in total. The zero-order chi connectivity index (χ0) is 17.1. The van der Waals surface area contributed by atoms with E-state index in [1.807, 2.05) is 0 Å². The Morgan fingerprint density at radius 1 is 1.32 bits per heavy atom. The molecule has 0 spiro atoms. The molecule has 0 aromatic heterocycles. The lowest BCUT2D eigenvalue weighted by atomic mass is 9.90. The molecule has 0 aromatic carbocycles. The Hall–Kier alpha value is -0.940. The molecule has 0 unspecified atom stereocenters. The Morgan fingerprint density at radius 2 is 1.91 bits per heavy atom. The third-order valence-electron chi connectivity index (χ3n) is 4.18. The van der Waals surface area contributed by atoms with Gasteiger partial charge < -0.3 is 0 Å². The second kappa shape index (κ2) is 7.09. The highest BCUT2D eigenvalue weighted by Gasteiger charge is 2.38. The molecule has 5 heteroatoms. The van der Waals surface area contributed by atoms with E-state index in [0.29, 0.717) is 19.4 Å². The number of hydrogen-bond acceptors (Lipinski definition) is 3. The summed E-state index contributed by atoms with van der Waals surface area (Å²) < 4.78 is 37.1. The van der Waals surface area contributed by atoms with Gasteiger partial charge in [0.15, 0.2) is 0 Å². The predicted octanol–water partition coefficient (Wildman–Crippen LogP) is 3.65. The van der Waals surface area contributed by atoms with Crippen molar-refractivity contribution in [2.45, 2.75) is 57.4 Å². The van der Waals surface area contributed by atoms with Gasteiger partial charge in [0.2, 0.25) is 0 Å². The summed E-state index contributed by atoms with van der Waals surface area (Å²) in [6.07, 6.45) is 6.85. The average Bonchev–Trinajstić information content (AvgIpc) is 2.41. The second-order valence-electron chi connectivity index (χ2n) is 6.94. The molecule has 0 radical (unpaired) electrons. The van der Waals surface area contributed by atoms with Gasteiger partial charge in [0.1, 0.15) is 15.7 Å². The van der Waals surface area contributed by atoms with E-state index >= 15 is 0 Å². The molecule has 1 aliphatic rings. The molecule has 126 valence electrons. The second-order valence-corrected chi connectivity index (χ2v) is 9.26. The first-order valence-corrected chi connectivity index (χ1v) is 9.56. The monoisotopic (exact) mass is 329 g/mol. The lowest BCUT2D eigenvalue weighted by Gasteiger charge is -2.47. The summed E-state index contributed by atoms with van der Waals surface area (Å²) in [6, 6.07) is -0.0885. The van der Waals surface area contributed by atoms with Crippen LogP contribution in [-0.2, 0) is 9.84 Å². The van der Waals surface area contributed by atoms with E-state index in [0.717, 1.165) is 5.57 Å². The fourth-order valence-corrected chi connectivity index (χ4v) is 3.94. The van der Waals surface area contributed by atoms with E-state index in [9.17, 15) is 12.8 Å². The van der Waals surface area contributed by atoms with Crippen LogP contribution in [0.4, 0.5) is 4.39 Å². The summed E-state index contributed by atoms with van der Waals surface area (Å²) in [5, 5.41) is -0.354. The van der Waals surface area contributed by atoms with Crippen molar-refractivity contribution in [1.82, 2.24) is 4.90 Å². The topological polar surface area (TPSA) is 37.4 Å². The molecule has 3 nitrogen and oxygen atoms in total. The fraction of sp³-hybridized carbons (Fsp3) is 0.647. The Kier molecular flexibility index (Phi) is 6.16. The zero-order valence-electron chi connectivity index (χ0n) is 14.3. The van der Waals surface area contributed by atoms with E-state index < -0.39 is 9.84 Å². The lowest BCUT2D eigenvalue weighted by molar-refractivity contribution is 0.0722. The van der Waals surface area contributed by atoms with Gasteiger partial charge in [0, 0.05) is 24.4 Å². The standard InChI is InChI=1S/C17H28FNO2S/c1-7-14(18)9-8-13(2)16-12-15(22(6,20)21)10-11-19(16)17(3,4)5/h7-9,15-16H,2,10-12H2,1,3-6H3/b9-8-,14-7+/t15-,16+/m0/s1. The summed E-state index contributed by atoms with van der Waals surface area (Å²) in [6.45, 7) is 12.7. The Labute approximate surface area is 134 Å². The number of rotatable bonds is 4. The summed E-state index contributed by atoms with van der Waals surface area (Å²) in [7, 11) is -3.07. The molecule has 1 rings (SSSR count). The molecule has 0 saturated carbocycles. The van der Waals surface area contributed by atoms with Gasteiger partial charge in [-0.3, -0.25) is 4.90 Å². The average molecular weight is 329 g/mol. The zero-order valence-corrected chi connectivity index (χ0v) is 15.1. The van der Waals surface area contributed by atoms with Gasteiger partial charge in [0.05, 0.1) is 5.25 Å². The summed E-state index contributed by atoms with van der Waals surface area (Å²) in [5.74, 6) is -0.320. The molecule has 22 heavy (non-hydrogen) atoms. The highest BCUT2D eigenvalue weighted by molar-refractivity contribution is 7.91. The molecule has 0 amide bonds. The van der Waals surface area contributed by atoms with E-state index in [2.05, 4.69) is 32.3 Å². The summed E-state index contributed by atoms with van der Waals surface area (Å²) >= 11 is 0. The first kappa shape index (κ1) is 19.1.